The van der Waals surface area contributed by atoms with Crippen molar-refractivity contribution in [2.45, 2.75) is 33.6 Å². The lowest BCUT2D eigenvalue weighted by molar-refractivity contribution is 0.219. The molecule has 108 valence electrons. The highest BCUT2D eigenvalue weighted by Crippen LogP contribution is 2.24. The van der Waals surface area contributed by atoms with Crippen LogP contribution in [0.15, 0.2) is 12.1 Å². The fraction of sp³-hybridized carbons (Fsp3) is 0.625. The minimum absolute atomic E-state index is 0.260. The molecule has 1 aromatic carbocycles. The maximum Gasteiger partial charge on any atom is 0.122 e. The van der Waals surface area contributed by atoms with Crippen LogP contribution in [0.1, 0.15) is 30.0 Å². The number of hydrogen-bond acceptors (Lipinski definition) is 3. The lowest BCUT2D eigenvalue weighted by atomic mass is 10.0. The molecule has 2 N–H and O–H groups in total. The molecule has 0 aliphatic heterocycles. The zero-order valence-electron chi connectivity index (χ0n) is 12.6. The Balaban J connectivity index is 2.53. The van der Waals surface area contributed by atoms with E-state index in [0.29, 0.717) is 5.92 Å². The molecule has 1 rings (SSSR count). The summed E-state index contributed by atoms with van der Waals surface area (Å²) >= 11 is 0. The van der Waals surface area contributed by atoms with Gasteiger partial charge in [0.25, 0.3) is 0 Å². The smallest absolute Gasteiger partial charge is 0.122 e. The first kappa shape index (κ1) is 16.0. The monoisotopic (exact) mass is 265 g/mol. The van der Waals surface area contributed by atoms with E-state index in [9.17, 15) is 0 Å². The van der Waals surface area contributed by atoms with Gasteiger partial charge in [0.1, 0.15) is 5.75 Å². The highest BCUT2D eigenvalue weighted by Gasteiger charge is 2.08. The second kappa shape index (κ2) is 8.18. The van der Waals surface area contributed by atoms with Gasteiger partial charge in [0.2, 0.25) is 0 Å². The maximum absolute atomic E-state index is 9.14. The minimum atomic E-state index is 0.260. The predicted molar refractivity (Wildman–Crippen MR) is 79.9 cm³/mol. The summed E-state index contributed by atoms with van der Waals surface area (Å²) in [7, 11) is 1.73. The van der Waals surface area contributed by atoms with Crippen molar-refractivity contribution in [1.82, 2.24) is 5.32 Å². The highest BCUT2D eigenvalue weighted by molar-refractivity contribution is 5.43. The summed E-state index contributed by atoms with van der Waals surface area (Å²) < 4.78 is 5.46. The zero-order chi connectivity index (χ0) is 14.3. The molecule has 0 fully saturated rings. The fourth-order valence-corrected chi connectivity index (χ4v) is 2.32. The molecule has 3 heteroatoms. The molecule has 0 aromatic heterocycles. The van der Waals surface area contributed by atoms with Gasteiger partial charge in [0.05, 0.1) is 7.11 Å². The van der Waals surface area contributed by atoms with Gasteiger partial charge in [0.15, 0.2) is 0 Å². The van der Waals surface area contributed by atoms with E-state index in [2.05, 4.69) is 38.2 Å². The van der Waals surface area contributed by atoms with Crippen molar-refractivity contribution in [2.75, 3.05) is 26.8 Å². The highest BCUT2D eigenvalue weighted by atomic mass is 16.5. The van der Waals surface area contributed by atoms with Crippen molar-refractivity contribution < 1.29 is 9.84 Å². The number of ether oxygens (including phenoxy) is 1. The van der Waals surface area contributed by atoms with E-state index in [1.54, 1.807) is 7.11 Å². The van der Waals surface area contributed by atoms with Crippen LogP contribution in [0.4, 0.5) is 0 Å². The van der Waals surface area contributed by atoms with Crippen molar-refractivity contribution in [1.29, 1.82) is 0 Å². The van der Waals surface area contributed by atoms with Gasteiger partial charge in [0, 0.05) is 13.2 Å². The Morgan fingerprint density at radius 3 is 2.63 bits per heavy atom. The van der Waals surface area contributed by atoms with Gasteiger partial charge < -0.3 is 15.2 Å². The van der Waals surface area contributed by atoms with Crippen molar-refractivity contribution in [2.24, 2.45) is 5.92 Å². The number of aryl methyl sites for hydroxylation is 2. The molecule has 3 nitrogen and oxygen atoms in total. The lowest BCUT2D eigenvalue weighted by Gasteiger charge is -2.15. The molecule has 0 aliphatic rings. The van der Waals surface area contributed by atoms with E-state index in [0.717, 1.165) is 31.7 Å². The van der Waals surface area contributed by atoms with E-state index >= 15 is 0 Å². The summed E-state index contributed by atoms with van der Waals surface area (Å²) in [5.41, 5.74) is 3.79. The first-order valence-corrected chi connectivity index (χ1v) is 7.08. The molecule has 0 spiro atoms. The maximum atomic E-state index is 9.14. The third-order valence-electron chi connectivity index (χ3n) is 3.62. The number of rotatable bonds is 8. The lowest BCUT2D eigenvalue weighted by Crippen LogP contribution is -2.26. The van der Waals surface area contributed by atoms with Crippen LogP contribution in [0, 0.1) is 19.8 Å². The van der Waals surface area contributed by atoms with E-state index in [4.69, 9.17) is 9.84 Å². The molecule has 1 atom stereocenters. The standard InChI is InChI=1S/C16H27NO2/c1-5-14(11-18)10-17-7-6-15-13(3)8-12(2)9-16(15)19-4/h8-9,14,17-18H,5-7,10-11H2,1-4H3. The van der Waals surface area contributed by atoms with Crippen LogP contribution < -0.4 is 10.1 Å². The summed E-state index contributed by atoms with van der Waals surface area (Å²) in [4.78, 5) is 0. The Kier molecular flexibility index (Phi) is 6.89. The molecule has 1 unspecified atom stereocenters. The Hall–Kier alpha value is -1.06. The zero-order valence-corrected chi connectivity index (χ0v) is 12.6. The molecule has 0 saturated heterocycles. The van der Waals surface area contributed by atoms with Crippen molar-refractivity contribution in [3.8, 4) is 5.75 Å². The topological polar surface area (TPSA) is 41.5 Å². The van der Waals surface area contributed by atoms with Gasteiger partial charge in [-0.1, -0.05) is 13.0 Å². The largest absolute Gasteiger partial charge is 0.496 e. The molecule has 19 heavy (non-hydrogen) atoms. The number of aliphatic hydroxyl groups is 1. The summed E-state index contributed by atoms with van der Waals surface area (Å²) in [6.07, 6.45) is 1.97. The quantitative estimate of drug-likeness (QED) is 0.710. The Morgan fingerprint density at radius 2 is 2.05 bits per heavy atom. The predicted octanol–water partition coefficient (Wildman–Crippen LogP) is 2.46. The van der Waals surface area contributed by atoms with E-state index in [1.165, 1.54) is 16.7 Å². The molecular formula is C16H27NO2. The van der Waals surface area contributed by atoms with Gasteiger partial charge in [-0.2, -0.15) is 0 Å². The van der Waals surface area contributed by atoms with Gasteiger partial charge in [-0.25, -0.2) is 0 Å². The van der Waals surface area contributed by atoms with Gasteiger partial charge in [-0.15, -0.1) is 0 Å². The molecular weight excluding hydrogens is 238 g/mol. The van der Waals surface area contributed by atoms with E-state index in [1.807, 2.05) is 0 Å². The number of hydrogen-bond donors (Lipinski definition) is 2. The number of nitrogens with one attached hydrogen (secondary N) is 1. The van der Waals surface area contributed by atoms with Crippen LogP contribution in [0.3, 0.4) is 0 Å². The molecule has 0 bridgehead atoms. The Bertz CT molecular complexity index is 387. The molecule has 0 heterocycles. The number of benzene rings is 1. The average Bonchev–Trinajstić information content (AvgIpc) is 2.40. The van der Waals surface area contributed by atoms with Gasteiger partial charge in [-0.3, -0.25) is 0 Å². The molecule has 1 aromatic rings. The molecule has 0 aliphatic carbocycles. The first-order chi connectivity index (χ1) is 9.12. The summed E-state index contributed by atoms with van der Waals surface area (Å²) in [6.45, 7) is 8.38. The fourth-order valence-electron chi connectivity index (χ4n) is 2.32. The van der Waals surface area contributed by atoms with Crippen LogP contribution >= 0.6 is 0 Å². The first-order valence-electron chi connectivity index (χ1n) is 7.08. The molecule has 0 amide bonds. The number of methoxy groups -OCH3 is 1. The van der Waals surface area contributed by atoms with Crippen LogP contribution in [0.25, 0.3) is 0 Å². The van der Waals surface area contributed by atoms with Gasteiger partial charge in [-0.05, 0) is 61.9 Å². The summed E-state index contributed by atoms with van der Waals surface area (Å²) in [5, 5.41) is 12.6. The van der Waals surface area contributed by atoms with Gasteiger partial charge >= 0.3 is 0 Å². The van der Waals surface area contributed by atoms with Crippen molar-refractivity contribution >= 4 is 0 Å². The normalized spacial score (nSPS) is 12.5. The van der Waals surface area contributed by atoms with Crippen LogP contribution in [0.2, 0.25) is 0 Å². The average molecular weight is 265 g/mol. The third-order valence-corrected chi connectivity index (χ3v) is 3.62. The second-order valence-corrected chi connectivity index (χ2v) is 5.17. The van der Waals surface area contributed by atoms with Crippen LogP contribution in [0.5, 0.6) is 5.75 Å². The Labute approximate surface area is 117 Å². The van der Waals surface area contributed by atoms with E-state index in [-0.39, 0.29) is 6.61 Å². The second-order valence-electron chi connectivity index (χ2n) is 5.17. The summed E-state index contributed by atoms with van der Waals surface area (Å²) in [6, 6.07) is 4.28. The third kappa shape index (κ3) is 4.84. The Morgan fingerprint density at radius 1 is 1.32 bits per heavy atom. The SMILES string of the molecule is CCC(CO)CNCCc1c(C)cc(C)cc1OC. The van der Waals surface area contributed by atoms with Crippen LogP contribution in [-0.2, 0) is 6.42 Å². The van der Waals surface area contributed by atoms with Crippen molar-refractivity contribution in [3.05, 3.63) is 28.8 Å². The number of aliphatic hydroxyl groups excluding tert-OH is 1. The minimum Gasteiger partial charge on any atom is -0.496 e. The molecule has 0 radical (unpaired) electrons. The van der Waals surface area contributed by atoms with Crippen LogP contribution in [-0.4, -0.2) is 31.9 Å². The van der Waals surface area contributed by atoms with Crippen molar-refractivity contribution in [3.63, 3.8) is 0 Å². The van der Waals surface area contributed by atoms with E-state index < -0.39 is 0 Å². The molecule has 0 saturated carbocycles. The summed E-state index contributed by atoms with van der Waals surface area (Å²) in [5.74, 6) is 1.34.